The van der Waals surface area contributed by atoms with Gasteiger partial charge in [0.25, 0.3) is 8.32 Å². The van der Waals surface area contributed by atoms with Gasteiger partial charge in [-0.1, -0.05) is 81.4 Å². The van der Waals surface area contributed by atoms with Crippen LogP contribution in [0.3, 0.4) is 0 Å². The molecule has 0 fully saturated rings. The second-order valence-corrected chi connectivity index (χ2v) is 11.3. The number of benzene rings is 2. The number of rotatable bonds is 8. The quantitative estimate of drug-likeness (QED) is 0.582. The third-order valence-corrected chi connectivity index (χ3v) is 9.23. The van der Waals surface area contributed by atoms with Gasteiger partial charge >= 0.3 is 5.97 Å². The zero-order valence-electron chi connectivity index (χ0n) is 15.1. The van der Waals surface area contributed by atoms with Gasteiger partial charge in [0, 0.05) is 0 Å². The minimum atomic E-state index is -2.55. The van der Waals surface area contributed by atoms with Crippen molar-refractivity contribution in [2.75, 3.05) is 19.8 Å². The summed E-state index contributed by atoms with van der Waals surface area (Å²) in [6.07, 6.45) is 0. The van der Waals surface area contributed by atoms with E-state index < -0.39 is 14.3 Å². The summed E-state index contributed by atoms with van der Waals surface area (Å²) in [5.74, 6) is -0.967. The van der Waals surface area contributed by atoms with Crippen molar-refractivity contribution in [2.45, 2.75) is 25.8 Å². The fraction of sp³-hybridized carbons (Fsp3) is 0.350. The van der Waals surface area contributed by atoms with Crippen LogP contribution in [-0.4, -0.2) is 39.2 Å². The van der Waals surface area contributed by atoms with Crippen LogP contribution in [0.2, 0.25) is 5.04 Å². The van der Waals surface area contributed by atoms with E-state index in [0.29, 0.717) is 6.61 Å². The molecule has 0 atom stereocenters. The maximum absolute atomic E-state index is 10.6. The molecule has 25 heavy (non-hydrogen) atoms. The molecule has 2 aromatic rings. The van der Waals surface area contributed by atoms with Crippen molar-refractivity contribution in [3.05, 3.63) is 60.7 Å². The maximum Gasteiger partial charge on any atom is 0.329 e. The fourth-order valence-electron chi connectivity index (χ4n) is 3.17. The van der Waals surface area contributed by atoms with E-state index in [0.717, 1.165) is 0 Å². The average molecular weight is 359 g/mol. The van der Waals surface area contributed by atoms with Gasteiger partial charge in [-0.2, -0.15) is 0 Å². The minimum Gasteiger partial charge on any atom is -0.480 e. The largest absolute Gasteiger partial charge is 0.480 e. The first kappa shape index (κ1) is 19.4. The van der Waals surface area contributed by atoms with E-state index in [1.807, 2.05) is 36.4 Å². The molecule has 0 unspecified atom stereocenters. The Morgan fingerprint density at radius 3 is 1.80 bits per heavy atom. The summed E-state index contributed by atoms with van der Waals surface area (Å²) >= 11 is 0. The lowest BCUT2D eigenvalue weighted by Gasteiger charge is -2.43. The van der Waals surface area contributed by atoms with Gasteiger partial charge in [0.2, 0.25) is 0 Å². The summed E-state index contributed by atoms with van der Waals surface area (Å²) in [5.41, 5.74) is 0. The van der Waals surface area contributed by atoms with Crippen molar-refractivity contribution in [2.24, 2.45) is 0 Å². The van der Waals surface area contributed by atoms with Crippen LogP contribution in [0.5, 0.6) is 0 Å². The van der Waals surface area contributed by atoms with Crippen LogP contribution in [0.4, 0.5) is 0 Å². The molecular formula is C20H26O4Si. The summed E-state index contributed by atoms with van der Waals surface area (Å²) in [6.45, 7) is 6.94. The summed E-state index contributed by atoms with van der Waals surface area (Å²) in [5, 5.41) is 11.0. The standard InChI is InChI=1S/C20H26O4Si/c1-20(2,3)25(17-10-6-4-7-11-17,18-12-8-5-9-13-18)24-15-14-23-16-19(21)22/h4-13H,14-16H2,1-3H3,(H,21,22). The van der Waals surface area contributed by atoms with Crippen molar-refractivity contribution in [1.29, 1.82) is 0 Å². The van der Waals surface area contributed by atoms with E-state index in [9.17, 15) is 4.79 Å². The van der Waals surface area contributed by atoms with Gasteiger partial charge in [-0.3, -0.25) is 0 Å². The van der Waals surface area contributed by atoms with Crippen LogP contribution in [0.25, 0.3) is 0 Å². The highest BCUT2D eigenvalue weighted by Gasteiger charge is 2.49. The van der Waals surface area contributed by atoms with E-state index in [2.05, 4.69) is 45.0 Å². The summed E-state index contributed by atoms with van der Waals surface area (Å²) in [7, 11) is -2.55. The van der Waals surface area contributed by atoms with Crippen LogP contribution in [0, 0.1) is 0 Å². The highest BCUT2D eigenvalue weighted by molar-refractivity contribution is 6.99. The van der Waals surface area contributed by atoms with E-state index >= 15 is 0 Å². The van der Waals surface area contributed by atoms with E-state index in [1.165, 1.54) is 10.4 Å². The second kappa shape index (κ2) is 8.42. The molecule has 0 aromatic heterocycles. The monoisotopic (exact) mass is 358 g/mol. The third kappa shape index (κ3) is 4.57. The normalized spacial score (nSPS) is 12.1. The minimum absolute atomic E-state index is 0.0947. The number of ether oxygens (including phenoxy) is 1. The van der Waals surface area contributed by atoms with Gasteiger partial charge in [-0.25, -0.2) is 4.79 Å². The van der Waals surface area contributed by atoms with Crippen LogP contribution in [0.15, 0.2) is 60.7 Å². The molecule has 134 valence electrons. The van der Waals surface area contributed by atoms with Crippen molar-refractivity contribution < 1.29 is 19.1 Å². The van der Waals surface area contributed by atoms with Gasteiger partial charge in [0.1, 0.15) is 6.61 Å². The van der Waals surface area contributed by atoms with Gasteiger partial charge in [-0.05, 0) is 15.4 Å². The Morgan fingerprint density at radius 1 is 0.920 bits per heavy atom. The number of carbonyl (C=O) groups is 1. The zero-order chi connectivity index (χ0) is 18.3. The Morgan fingerprint density at radius 2 is 1.40 bits per heavy atom. The van der Waals surface area contributed by atoms with Gasteiger partial charge in [-0.15, -0.1) is 0 Å². The average Bonchev–Trinajstić information content (AvgIpc) is 2.58. The Kier molecular flexibility index (Phi) is 6.53. The first-order valence-electron chi connectivity index (χ1n) is 8.42. The number of hydrogen-bond donors (Lipinski definition) is 1. The summed E-state index contributed by atoms with van der Waals surface area (Å²) in [6, 6.07) is 20.7. The number of aliphatic carboxylic acids is 1. The molecule has 0 aliphatic carbocycles. The molecule has 0 spiro atoms. The summed E-state index contributed by atoms with van der Waals surface area (Å²) < 4.78 is 11.7. The molecule has 0 radical (unpaired) electrons. The Balaban J connectivity index is 2.37. The SMILES string of the molecule is CC(C)(C)[Si](OCCOCC(=O)O)(c1ccccc1)c1ccccc1. The molecule has 5 heteroatoms. The van der Waals surface area contributed by atoms with Crippen LogP contribution < -0.4 is 10.4 Å². The molecule has 0 saturated carbocycles. The van der Waals surface area contributed by atoms with Crippen LogP contribution in [0.1, 0.15) is 20.8 Å². The van der Waals surface area contributed by atoms with Crippen molar-refractivity contribution >= 4 is 24.7 Å². The van der Waals surface area contributed by atoms with Gasteiger partial charge in [0.15, 0.2) is 0 Å². The van der Waals surface area contributed by atoms with E-state index in [-0.39, 0.29) is 18.3 Å². The van der Waals surface area contributed by atoms with Crippen LogP contribution >= 0.6 is 0 Å². The Hall–Kier alpha value is -1.95. The Labute approximate surface area is 150 Å². The smallest absolute Gasteiger partial charge is 0.329 e. The van der Waals surface area contributed by atoms with Gasteiger partial charge < -0.3 is 14.3 Å². The number of carboxylic acid groups (broad SMARTS) is 1. The number of hydrogen-bond acceptors (Lipinski definition) is 3. The fourth-order valence-corrected chi connectivity index (χ4v) is 7.72. The third-order valence-electron chi connectivity index (χ3n) is 4.19. The molecule has 4 nitrogen and oxygen atoms in total. The van der Waals surface area contributed by atoms with Crippen molar-refractivity contribution in [3.63, 3.8) is 0 Å². The molecule has 1 N–H and O–H groups in total. The van der Waals surface area contributed by atoms with Crippen LogP contribution in [-0.2, 0) is 14.0 Å². The van der Waals surface area contributed by atoms with E-state index in [1.54, 1.807) is 0 Å². The zero-order valence-corrected chi connectivity index (χ0v) is 16.1. The molecule has 0 aliphatic heterocycles. The lowest BCUT2D eigenvalue weighted by molar-refractivity contribution is -0.142. The molecule has 0 aliphatic rings. The second-order valence-electron chi connectivity index (χ2n) is 6.96. The molecule has 0 amide bonds. The molecular weight excluding hydrogens is 332 g/mol. The first-order valence-corrected chi connectivity index (χ1v) is 10.3. The van der Waals surface area contributed by atoms with Gasteiger partial charge in [0.05, 0.1) is 13.2 Å². The molecule has 2 rings (SSSR count). The highest BCUT2D eigenvalue weighted by Crippen LogP contribution is 2.36. The molecule has 2 aromatic carbocycles. The topological polar surface area (TPSA) is 55.8 Å². The predicted octanol–water partition coefficient (Wildman–Crippen LogP) is 2.66. The predicted molar refractivity (Wildman–Crippen MR) is 102 cm³/mol. The summed E-state index contributed by atoms with van der Waals surface area (Å²) in [4.78, 5) is 10.6. The van der Waals surface area contributed by atoms with Crippen molar-refractivity contribution in [3.8, 4) is 0 Å². The maximum atomic E-state index is 10.6. The first-order chi connectivity index (χ1) is 11.9. The van der Waals surface area contributed by atoms with E-state index in [4.69, 9.17) is 14.3 Å². The molecule has 0 bridgehead atoms. The number of carboxylic acids is 1. The lowest BCUT2D eigenvalue weighted by Crippen LogP contribution is -2.66. The highest BCUT2D eigenvalue weighted by atomic mass is 28.4. The molecule has 0 saturated heterocycles. The Bertz CT molecular complexity index is 626. The van der Waals surface area contributed by atoms with Crippen molar-refractivity contribution in [1.82, 2.24) is 0 Å². The lowest BCUT2D eigenvalue weighted by atomic mass is 10.2. The molecule has 0 heterocycles.